The number of H-pyrrole nitrogens is 1. The van der Waals surface area contributed by atoms with Crippen molar-refractivity contribution in [3.05, 3.63) is 30.5 Å². The summed E-state index contributed by atoms with van der Waals surface area (Å²) in [5, 5.41) is 9.01. The normalized spacial score (nSPS) is 12.5. The number of nitrogens with one attached hydrogen (secondary N) is 1. The molecule has 0 saturated heterocycles. The van der Waals surface area contributed by atoms with E-state index in [1.165, 1.54) is 11.8 Å². The molecule has 0 amide bonds. The molecule has 0 bridgehead atoms. The second-order valence-electron chi connectivity index (χ2n) is 4.63. The topological polar surface area (TPSA) is 81.0 Å². The van der Waals surface area contributed by atoms with Crippen molar-refractivity contribution in [2.45, 2.75) is 24.3 Å². The Morgan fingerprint density at radius 1 is 1.41 bits per heavy atom. The van der Waals surface area contributed by atoms with E-state index in [1.54, 1.807) is 13.8 Å². The molecule has 1 aromatic carbocycles. The molecule has 0 aliphatic carbocycles. The monoisotopic (exact) mass is 317 g/mol. The van der Waals surface area contributed by atoms with Crippen molar-refractivity contribution < 1.29 is 13.9 Å². The second-order valence-corrected chi connectivity index (χ2v) is 5.93. The summed E-state index contributed by atoms with van der Waals surface area (Å²) in [7, 11) is 0. The fourth-order valence-electron chi connectivity index (χ4n) is 2.07. The first-order valence-corrected chi connectivity index (χ1v) is 7.80. The quantitative estimate of drug-likeness (QED) is 0.574. The van der Waals surface area contributed by atoms with Gasteiger partial charge in [0.2, 0.25) is 0 Å². The van der Waals surface area contributed by atoms with Crippen LogP contribution in [-0.4, -0.2) is 33.0 Å². The molecule has 0 spiro atoms. The molecule has 6 nitrogen and oxygen atoms in total. The van der Waals surface area contributed by atoms with Crippen LogP contribution in [0.25, 0.3) is 22.4 Å². The van der Waals surface area contributed by atoms with E-state index >= 15 is 0 Å². The number of carbonyl (C=O) groups is 1. The summed E-state index contributed by atoms with van der Waals surface area (Å²) in [6, 6.07) is 7.88. The zero-order chi connectivity index (χ0) is 15.5. The zero-order valence-electron chi connectivity index (χ0n) is 12.2. The number of hydrogen-bond donors (Lipinski definition) is 1. The van der Waals surface area contributed by atoms with Crippen molar-refractivity contribution in [3.8, 4) is 11.5 Å². The second kappa shape index (κ2) is 6.23. The van der Waals surface area contributed by atoms with Crippen LogP contribution in [0, 0.1) is 0 Å². The first kappa shape index (κ1) is 14.6. The third-order valence-corrected chi connectivity index (χ3v) is 4.03. The molecule has 3 rings (SSSR count). The van der Waals surface area contributed by atoms with Crippen LogP contribution in [0.2, 0.25) is 0 Å². The SMILES string of the molecule is CCOC(=O)C(C)Sc1nnc(-c2c[nH]c3ccccc23)o1. The van der Waals surface area contributed by atoms with Gasteiger partial charge in [-0.15, -0.1) is 10.2 Å². The number of rotatable bonds is 5. The highest BCUT2D eigenvalue weighted by atomic mass is 32.2. The number of nitrogens with zero attached hydrogens (tertiary/aromatic N) is 2. The number of aromatic amines is 1. The maximum atomic E-state index is 11.6. The molecule has 1 unspecified atom stereocenters. The lowest BCUT2D eigenvalue weighted by Gasteiger charge is -2.06. The Kier molecular flexibility index (Phi) is 4.15. The largest absolute Gasteiger partial charge is 0.465 e. The van der Waals surface area contributed by atoms with Gasteiger partial charge in [-0.1, -0.05) is 30.0 Å². The van der Waals surface area contributed by atoms with Gasteiger partial charge in [-0.05, 0) is 19.9 Å². The first-order chi connectivity index (χ1) is 10.7. The van der Waals surface area contributed by atoms with E-state index in [4.69, 9.17) is 9.15 Å². The maximum absolute atomic E-state index is 11.6. The van der Waals surface area contributed by atoms with Crippen LogP contribution in [0.4, 0.5) is 0 Å². The number of esters is 1. The minimum absolute atomic E-state index is 0.292. The lowest BCUT2D eigenvalue weighted by Crippen LogP contribution is -2.16. The fourth-order valence-corrected chi connectivity index (χ4v) is 2.76. The van der Waals surface area contributed by atoms with E-state index in [0.29, 0.717) is 17.7 Å². The van der Waals surface area contributed by atoms with Crippen molar-refractivity contribution in [1.29, 1.82) is 0 Å². The third-order valence-electron chi connectivity index (χ3n) is 3.12. The Balaban J connectivity index is 1.80. The predicted molar refractivity (Wildman–Crippen MR) is 83.5 cm³/mol. The van der Waals surface area contributed by atoms with Crippen LogP contribution in [0.1, 0.15) is 13.8 Å². The summed E-state index contributed by atoms with van der Waals surface area (Å²) in [6.07, 6.45) is 1.83. The molecule has 0 saturated carbocycles. The number of aromatic nitrogens is 3. The van der Waals surface area contributed by atoms with Gasteiger partial charge in [0.15, 0.2) is 0 Å². The minimum Gasteiger partial charge on any atom is -0.465 e. The molecule has 1 atom stereocenters. The fraction of sp³-hybridized carbons (Fsp3) is 0.267. The summed E-state index contributed by atoms with van der Waals surface area (Å²) in [5.74, 6) is 0.135. The van der Waals surface area contributed by atoms with E-state index < -0.39 is 5.25 Å². The number of para-hydroxylation sites is 1. The van der Waals surface area contributed by atoms with E-state index in [0.717, 1.165) is 16.5 Å². The molecule has 0 aliphatic rings. The summed E-state index contributed by atoms with van der Waals surface area (Å²) in [5.41, 5.74) is 1.85. The molecule has 0 aliphatic heterocycles. The summed E-state index contributed by atoms with van der Waals surface area (Å²) in [6.45, 7) is 3.88. The molecule has 3 aromatic rings. The van der Waals surface area contributed by atoms with Gasteiger partial charge in [0.25, 0.3) is 11.1 Å². The molecule has 114 valence electrons. The number of thioether (sulfide) groups is 1. The number of fused-ring (bicyclic) bond motifs is 1. The highest BCUT2D eigenvalue weighted by molar-refractivity contribution is 8.00. The molecule has 7 heteroatoms. The summed E-state index contributed by atoms with van der Waals surface area (Å²) in [4.78, 5) is 14.8. The van der Waals surface area contributed by atoms with Crippen molar-refractivity contribution in [2.75, 3.05) is 6.61 Å². The zero-order valence-corrected chi connectivity index (χ0v) is 13.0. The van der Waals surface area contributed by atoms with Crippen molar-refractivity contribution in [1.82, 2.24) is 15.2 Å². The Morgan fingerprint density at radius 2 is 2.23 bits per heavy atom. The molecular formula is C15H15N3O3S. The van der Waals surface area contributed by atoms with E-state index in [1.807, 2.05) is 30.5 Å². The molecule has 0 fully saturated rings. The third kappa shape index (κ3) is 2.85. The van der Waals surface area contributed by atoms with Crippen molar-refractivity contribution in [3.63, 3.8) is 0 Å². The summed E-state index contributed by atoms with van der Waals surface area (Å²) < 4.78 is 10.6. The maximum Gasteiger partial charge on any atom is 0.319 e. The highest BCUT2D eigenvalue weighted by Crippen LogP contribution is 2.30. The lowest BCUT2D eigenvalue weighted by molar-refractivity contribution is -0.142. The molecule has 0 radical (unpaired) electrons. The molecular weight excluding hydrogens is 302 g/mol. The van der Waals surface area contributed by atoms with Crippen LogP contribution >= 0.6 is 11.8 Å². The van der Waals surface area contributed by atoms with Gasteiger partial charge in [0.05, 0.1) is 12.2 Å². The number of carbonyl (C=O) groups excluding carboxylic acids is 1. The molecule has 22 heavy (non-hydrogen) atoms. The van der Waals surface area contributed by atoms with Crippen LogP contribution < -0.4 is 0 Å². The van der Waals surface area contributed by atoms with Crippen LogP contribution in [0.15, 0.2) is 40.1 Å². The Labute approximate surface area is 131 Å². The molecule has 1 N–H and O–H groups in total. The number of hydrogen-bond acceptors (Lipinski definition) is 6. The summed E-state index contributed by atoms with van der Waals surface area (Å²) >= 11 is 1.19. The van der Waals surface area contributed by atoms with Gasteiger partial charge >= 0.3 is 5.97 Å². The highest BCUT2D eigenvalue weighted by Gasteiger charge is 2.20. The van der Waals surface area contributed by atoms with Crippen molar-refractivity contribution in [2.24, 2.45) is 0 Å². The van der Waals surface area contributed by atoms with Crippen molar-refractivity contribution >= 4 is 28.6 Å². The number of benzene rings is 1. The van der Waals surface area contributed by atoms with Gasteiger partial charge in [-0.25, -0.2) is 0 Å². The van der Waals surface area contributed by atoms with Gasteiger partial charge < -0.3 is 14.1 Å². The van der Waals surface area contributed by atoms with Crippen LogP contribution in [0.5, 0.6) is 0 Å². The average molecular weight is 317 g/mol. The number of ether oxygens (including phenoxy) is 1. The first-order valence-electron chi connectivity index (χ1n) is 6.92. The van der Waals surface area contributed by atoms with E-state index in [-0.39, 0.29) is 5.97 Å². The van der Waals surface area contributed by atoms with E-state index in [2.05, 4.69) is 15.2 Å². The molecule has 2 aromatic heterocycles. The van der Waals surface area contributed by atoms with Gasteiger partial charge in [-0.3, -0.25) is 4.79 Å². The van der Waals surface area contributed by atoms with Crippen LogP contribution in [-0.2, 0) is 9.53 Å². The Hall–Kier alpha value is -2.28. The van der Waals surface area contributed by atoms with Gasteiger partial charge in [0.1, 0.15) is 5.25 Å². The molecule has 2 heterocycles. The lowest BCUT2D eigenvalue weighted by atomic mass is 10.2. The van der Waals surface area contributed by atoms with Gasteiger partial charge in [-0.2, -0.15) is 0 Å². The van der Waals surface area contributed by atoms with E-state index in [9.17, 15) is 4.79 Å². The smallest absolute Gasteiger partial charge is 0.319 e. The minimum atomic E-state index is -0.392. The predicted octanol–water partition coefficient (Wildman–Crippen LogP) is 3.26. The standard InChI is InChI=1S/C15H15N3O3S/c1-3-20-14(19)9(2)22-15-18-17-13(21-15)11-8-16-12-7-5-4-6-10(11)12/h4-9,16H,3H2,1-2H3. The van der Waals surface area contributed by atoms with Gasteiger partial charge in [0, 0.05) is 17.1 Å². The average Bonchev–Trinajstić information content (AvgIpc) is 3.13. The Morgan fingerprint density at radius 3 is 3.05 bits per heavy atom. The van der Waals surface area contributed by atoms with Crippen LogP contribution in [0.3, 0.4) is 0 Å². The Bertz CT molecular complexity index is 796.